The van der Waals surface area contributed by atoms with E-state index in [1.165, 1.54) is 0 Å². The Balaban J connectivity index is 4.76. The third kappa shape index (κ3) is 4.29. The number of hydrogen-bond donors (Lipinski definition) is 4. The molecule has 0 fully saturated rings. The van der Waals surface area contributed by atoms with Crippen molar-refractivity contribution in [2.75, 3.05) is 0 Å². The topological polar surface area (TPSA) is 131 Å². The molecule has 2 unspecified atom stereocenters. The Hall–Kier alpha value is -1.79. The number of hydrogen-bond acceptors (Lipinski definition) is 4. The number of amidine groups is 1. The van der Waals surface area contributed by atoms with E-state index in [4.69, 9.17) is 16.7 Å². The molecule has 6 N–H and O–H groups in total. The second-order valence-corrected chi connectivity index (χ2v) is 4.12. The predicted octanol–water partition coefficient (Wildman–Crippen LogP) is -0.615. The lowest BCUT2D eigenvalue weighted by molar-refractivity contribution is -0.129. The van der Waals surface area contributed by atoms with Gasteiger partial charge in [-0.15, -0.1) is 0 Å². The minimum absolute atomic E-state index is 0.124. The fourth-order valence-electron chi connectivity index (χ4n) is 1.42. The number of nitrogens with two attached hydrogens (primary N) is 2. The molecule has 0 aliphatic rings. The predicted molar refractivity (Wildman–Crippen MR) is 63.2 cm³/mol. The normalized spacial score (nSPS) is 15.4. The van der Waals surface area contributed by atoms with E-state index in [1.54, 1.807) is 20.8 Å². The van der Waals surface area contributed by atoms with Crippen LogP contribution in [0.15, 0.2) is 5.16 Å². The van der Waals surface area contributed by atoms with E-state index in [-0.39, 0.29) is 11.8 Å². The van der Waals surface area contributed by atoms with Crippen molar-refractivity contribution in [2.24, 2.45) is 28.5 Å². The SMILES string of the molecule is CCC(C(=O)NC(C(N)=O)C(C)C)C(N)=NO. The fourth-order valence-corrected chi connectivity index (χ4v) is 1.42. The highest BCUT2D eigenvalue weighted by molar-refractivity contribution is 6.03. The van der Waals surface area contributed by atoms with Crippen LogP contribution < -0.4 is 16.8 Å². The van der Waals surface area contributed by atoms with Gasteiger partial charge in [-0.3, -0.25) is 9.59 Å². The highest BCUT2D eigenvalue weighted by atomic mass is 16.4. The van der Waals surface area contributed by atoms with E-state index in [9.17, 15) is 9.59 Å². The molecule has 2 atom stereocenters. The maximum Gasteiger partial charge on any atom is 0.240 e. The third-order valence-corrected chi connectivity index (χ3v) is 2.47. The molecule has 98 valence electrons. The molecule has 0 aromatic heterocycles. The first-order chi connectivity index (χ1) is 7.84. The minimum Gasteiger partial charge on any atom is -0.409 e. The van der Waals surface area contributed by atoms with E-state index in [1.807, 2.05) is 0 Å². The maximum absolute atomic E-state index is 11.8. The molecule has 0 aliphatic carbocycles. The summed E-state index contributed by atoms with van der Waals surface area (Å²) in [6, 6.07) is -0.761. The van der Waals surface area contributed by atoms with Crippen LogP contribution >= 0.6 is 0 Å². The Kier molecular flexibility index (Phi) is 6.01. The minimum atomic E-state index is -0.763. The summed E-state index contributed by atoms with van der Waals surface area (Å²) < 4.78 is 0. The summed E-state index contributed by atoms with van der Waals surface area (Å²) in [5, 5.41) is 13.8. The van der Waals surface area contributed by atoms with Crippen LogP contribution in [0, 0.1) is 11.8 Å². The Morgan fingerprint density at radius 2 is 1.88 bits per heavy atom. The highest BCUT2D eigenvalue weighted by Gasteiger charge is 2.27. The maximum atomic E-state index is 11.8. The van der Waals surface area contributed by atoms with Crippen LogP contribution in [0.4, 0.5) is 0 Å². The summed E-state index contributed by atoms with van der Waals surface area (Å²) in [7, 11) is 0. The summed E-state index contributed by atoms with van der Waals surface area (Å²) >= 11 is 0. The number of carbonyl (C=O) groups is 2. The van der Waals surface area contributed by atoms with Crippen LogP contribution in [0.2, 0.25) is 0 Å². The quantitative estimate of drug-likeness (QED) is 0.215. The molecule has 0 saturated carbocycles. The molecule has 2 amide bonds. The first-order valence-corrected chi connectivity index (χ1v) is 5.42. The molecule has 0 heterocycles. The second-order valence-electron chi connectivity index (χ2n) is 4.12. The van der Waals surface area contributed by atoms with E-state index >= 15 is 0 Å². The molecule has 0 spiro atoms. The van der Waals surface area contributed by atoms with Crippen LogP contribution in [-0.2, 0) is 9.59 Å². The Morgan fingerprint density at radius 3 is 2.18 bits per heavy atom. The van der Waals surface area contributed by atoms with Gasteiger partial charge >= 0.3 is 0 Å². The van der Waals surface area contributed by atoms with Gasteiger partial charge in [0.25, 0.3) is 0 Å². The number of nitrogens with zero attached hydrogens (tertiary/aromatic N) is 1. The van der Waals surface area contributed by atoms with Gasteiger partial charge in [-0.1, -0.05) is 25.9 Å². The van der Waals surface area contributed by atoms with Crippen LogP contribution in [0.25, 0.3) is 0 Å². The number of amides is 2. The standard InChI is InChI=1S/C10H20N4O3/c1-4-6(8(11)14-17)10(16)13-7(5(2)3)9(12)15/h5-7,17H,4H2,1-3H3,(H2,11,14)(H2,12,15)(H,13,16). The highest BCUT2D eigenvalue weighted by Crippen LogP contribution is 2.06. The zero-order valence-electron chi connectivity index (χ0n) is 10.3. The first-order valence-electron chi connectivity index (χ1n) is 5.42. The number of nitrogens with one attached hydrogen (secondary N) is 1. The summed E-state index contributed by atoms with van der Waals surface area (Å²) in [4.78, 5) is 22.9. The van der Waals surface area contributed by atoms with Gasteiger partial charge in [0, 0.05) is 0 Å². The lowest BCUT2D eigenvalue weighted by Gasteiger charge is -2.21. The van der Waals surface area contributed by atoms with Crippen molar-refractivity contribution in [2.45, 2.75) is 33.2 Å². The van der Waals surface area contributed by atoms with E-state index < -0.39 is 23.8 Å². The van der Waals surface area contributed by atoms with Gasteiger partial charge in [0.1, 0.15) is 6.04 Å². The summed E-state index contributed by atoms with van der Waals surface area (Å²) in [5.41, 5.74) is 10.6. The van der Waals surface area contributed by atoms with Gasteiger partial charge in [-0.2, -0.15) is 0 Å². The molecular formula is C10H20N4O3. The molecule has 0 radical (unpaired) electrons. The molecule has 0 rings (SSSR count). The van der Waals surface area contributed by atoms with Crippen molar-refractivity contribution in [1.82, 2.24) is 5.32 Å². The number of rotatable bonds is 6. The molecule has 0 aromatic rings. The molecule has 0 aromatic carbocycles. The van der Waals surface area contributed by atoms with Crippen molar-refractivity contribution in [1.29, 1.82) is 0 Å². The molecule has 0 bridgehead atoms. The van der Waals surface area contributed by atoms with E-state index in [0.29, 0.717) is 6.42 Å². The second kappa shape index (κ2) is 6.72. The number of primary amides is 1. The van der Waals surface area contributed by atoms with Crippen molar-refractivity contribution in [3.63, 3.8) is 0 Å². The van der Waals surface area contributed by atoms with Gasteiger partial charge in [0.15, 0.2) is 5.84 Å². The van der Waals surface area contributed by atoms with Crippen LogP contribution in [0.5, 0.6) is 0 Å². The summed E-state index contributed by atoms with van der Waals surface area (Å²) in [5.74, 6) is -2.15. The largest absolute Gasteiger partial charge is 0.409 e. The molecule has 7 heteroatoms. The van der Waals surface area contributed by atoms with Gasteiger partial charge in [-0.05, 0) is 12.3 Å². The van der Waals surface area contributed by atoms with Crippen LogP contribution in [-0.4, -0.2) is 28.9 Å². The van der Waals surface area contributed by atoms with E-state index in [2.05, 4.69) is 10.5 Å². The van der Waals surface area contributed by atoms with Crippen molar-refractivity contribution in [3.05, 3.63) is 0 Å². The monoisotopic (exact) mass is 244 g/mol. The molecule has 17 heavy (non-hydrogen) atoms. The molecule has 0 saturated heterocycles. The average molecular weight is 244 g/mol. The van der Waals surface area contributed by atoms with Crippen molar-refractivity contribution >= 4 is 17.6 Å². The zero-order valence-corrected chi connectivity index (χ0v) is 10.3. The van der Waals surface area contributed by atoms with Crippen molar-refractivity contribution in [3.8, 4) is 0 Å². The Morgan fingerprint density at radius 1 is 1.35 bits per heavy atom. The van der Waals surface area contributed by atoms with Gasteiger partial charge in [0.05, 0.1) is 5.92 Å². The van der Waals surface area contributed by atoms with Gasteiger partial charge < -0.3 is 22.0 Å². The Bertz CT molecular complexity index is 315. The summed E-state index contributed by atoms with van der Waals surface area (Å²) in [6.07, 6.45) is 0.366. The van der Waals surface area contributed by atoms with Crippen LogP contribution in [0.3, 0.4) is 0 Å². The lowest BCUT2D eigenvalue weighted by Crippen LogP contribution is -2.51. The van der Waals surface area contributed by atoms with Crippen LogP contribution in [0.1, 0.15) is 27.2 Å². The fraction of sp³-hybridized carbons (Fsp3) is 0.700. The molecule has 0 aliphatic heterocycles. The number of carbonyl (C=O) groups excluding carboxylic acids is 2. The summed E-state index contributed by atoms with van der Waals surface area (Å²) in [6.45, 7) is 5.25. The number of oxime groups is 1. The smallest absolute Gasteiger partial charge is 0.240 e. The van der Waals surface area contributed by atoms with Gasteiger partial charge in [-0.25, -0.2) is 0 Å². The van der Waals surface area contributed by atoms with Gasteiger partial charge in [0.2, 0.25) is 11.8 Å². The molecule has 7 nitrogen and oxygen atoms in total. The first kappa shape index (κ1) is 15.2. The Labute approximate surface area is 100 Å². The zero-order chi connectivity index (χ0) is 13.6. The third-order valence-electron chi connectivity index (χ3n) is 2.47. The van der Waals surface area contributed by atoms with Crippen molar-refractivity contribution < 1.29 is 14.8 Å². The molecular weight excluding hydrogens is 224 g/mol. The lowest BCUT2D eigenvalue weighted by atomic mass is 10.00. The van der Waals surface area contributed by atoms with E-state index in [0.717, 1.165) is 0 Å². The average Bonchev–Trinajstić information content (AvgIpc) is 2.25.